The lowest BCUT2D eigenvalue weighted by Gasteiger charge is -2.07. The molecule has 0 saturated heterocycles. The van der Waals surface area contributed by atoms with Gasteiger partial charge in [0, 0.05) is 12.4 Å². The van der Waals surface area contributed by atoms with E-state index in [9.17, 15) is 0 Å². The Bertz CT molecular complexity index is 661. The molecule has 2 heterocycles. The molecular weight excluding hydrogens is 246 g/mol. The lowest BCUT2D eigenvalue weighted by molar-refractivity contribution is 0.775. The third-order valence-corrected chi connectivity index (χ3v) is 3.16. The van der Waals surface area contributed by atoms with E-state index in [0.29, 0.717) is 5.88 Å². The number of hydrogen-bond donors (Lipinski definition) is 0. The molecule has 0 aliphatic carbocycles. The van der Waals surface area contributed by atoms with Crippen LogP contribution in [0, 0.1) is 0 Å². The van der Waals surface area contributed by atoms with Crippen LogP contribution in [0.15, 0.2) is 48.8 Å². The average Bonchev–Trinajstić information content (AvgIpc) is 2.78. The number of nitrogens with zero attached hydrogens (tertiary/aromatic N) is 3. The van der Waals surface area contributed by atoms with Crippen LogP contribution in [-0.2, 0) is 12.4 Å². The molecule has 0 radical (unpaired) electrons. The van der Waals surface area contributed by atoms with Crippen molar-refractivity contribution >= 4 is 22.6 Å². The summed E-state index contributed by atoms with van der Waals surface area (Å²) >= 11 is 5.97. The summed E-state index contributed by atoms with van der Waals surface area (Å²) in [7, 11) is 0. The maximum atomic E-state index is 5.97. The van der Waals surface area contributed by atoms with Crippen molar-refractivity contribution in [2.24, 2.45) is 0 Å². The Kier molecular flexibility index (Phi) is 2.99. The predicted molar refractivity (Wildman–Crippen MR) is 72.6 cm³/mol. The lowest BCUT2D eigenvalue weighted by atomic mass is 10.2. The van der Waals surface area contributed by atoms with Gasteiger partial charge in [-0.05, 0) is 23.8 Å². The molecule has 3 nitrogen and oxygen atoms in total. The van der Waals surface area contributed by atoms with E-state index in [4.69, 9.17) is 11.6 Å². The minimum absolute atomic E-state index is 0.412. The van der Waals surface area contributed by atoms with Crippen LogP contribution in [0.25, 0.3) is 11.0 Å². The van der Waals surface area contributed by atoms with E-state index >= 15 is 0 Å². The molecule has 1 aromatic carbocycles. The summed E-state index contributed by atoms with van der Waals surface area (Å²) in [4.78, 5) is 8.67. The predicted octanol–water partition coefficient (Wildman–Crippen LogP) is 3.22. The molecule has 3 rings (SSSR count). The standard InChI is InChI=1S/C14H12ClN3/c15-8-14-17-12-5-1-2-6-13(12)18(14)10-11-4-3-7-16-9-11/h1-7,9H,8,10H2. The number of para-hydroxylation sites is 2. The van der Waals surface area contributed by atoms with Crippen LogP contribution in [0.1, 0.15) is 11.4 Å². The number of alkyl halides is 1. The molecule has 0 spiro atoms. The third-order valence-electron chi connectivity index (χ3n) is 2.92. The zero-order valence-electron chi connectivity index (χ0n) is 9.75. The highest BCUT2D eigenvalue weighted by Gasteiger charge is 2.09. The number of halogens is 1. The van der Waals surface area contributed by atoms with E-state index < -0.39 is 0 Å². The van der Waals surface area contributed by atoms with Gasteiger partial charge in [0.15, 0.2) is 0 Å². The summed E-state index contributed by atoms with van der Waals surface area (Å²) < 4.78 is 2.14. The summed E-state index contributed by atoms with van der Waals surface area (Å²) in [5.41, 5.74) is 3.24. The Morgan fingerprint density at radius 2 is 2.00 bits per heavy atom. The largest absolute Gasteiger partial charge is 0.322 e. The number of imidazole rings is 1. The maximum absolute atomic E-state index is 5.97. The second-order valence-electron chi connectivity index (χ2n) is 4.10. The second-order valence-corrected chi connectivity index (χ2v) is 4.37. The molecule has 0 amide bonds. The molecular formula is C14H12ClN3. The highest BCUT2D eigenvalue weighted by molar-refractivity contribution is 6.16. The molecule has 90 valence electrons. The molecule has 0 atom stereocenters. The van der Waals surface area contributed by atoms with Crippen LogP contribution >= 0.6 is 11.6 Å². The fourth-order valence-corrected chi connectivity index (χ4v) is 2.28. The van der Waals surface area contributed by atoms with Gasteiger partial charge in [-0.25, -0.2) is 4.98 Å². The van der Waals surface area contributed by atoms with Crippen molar-refractivity contribution in [3.63, 3.8) is 0 Å². The first-order valence-corrected chi connectivity index (χ1v) is 6.31. The molecule has 0 bridgehead atoms. The van der Waals surface area contributed by atoms with Crippen molar-refractivity contribution in [3.05, 3.63) is 60.2 Å². The van der Waals surface area contributed by atoms with Crippen LogP contribution in [0.5, 0.6) is 0 Å². The Morgan fingerprint density at radius 3 is 2.78 bits per heavy atom. The van der Waals surface area contributed by atoms with Crippen molar-refractivity contribution in [2.45, 2.75) is 12.4 Å². The normalized spacial score (nSPS) is 10.9. The first-order valence-electron chi connectivity index (χ1n) is 5.77. The van der Waals surface area contributed by atoms with Crippen molar-refractivity contribution in [1.82, 2.24) is 14.5 Å². The first-order chi connectivity index (χ1) is 8.88. The quantitative estimate of drug-likeness (QED) is 0.675. The minimum atomic E-state index is 0.412. The Balaban J connectivity index is 2.10. The monoisotopic (exact) mass is 257 g/mol. The van der Waals surface area contributed by atoms with Gasteiger partial charge in [0.1, 0.15) is 5.82 Å². The van der Waals surface area contributed by atoms with Gasteiger partial charge in [0.2, 0.25) is 0 Å². The highest BCUT2D eigenvalue weighted by Crippen LogP contribution is 2.18. The number of benzene rings is 1. The molecule has 4 heteroatoms. The van der Waals surface area contributed by atoms with Gasteiger partial charge in [-0.2, -0.15) is 0 Å². The van der Waals surface area contributed by atoms with Crippen LogP contribution in [0.2, 0.25) is 0 Å². The fourth-order valence-electron chi connectivity index (χ4n) is 2.08. The highest BCUT2D eigenvalue weighted by atomic mass is 35.5. The third kappa shape index (κ3) is 1.97. The van der Waals surface area contributed by atoms with Crippen LogP contribution in [0.4, 0.5) is 0 Å². The average molecular weight is 258 g/mol. The van der Waals surface area contributed by atoms with E-state index in [-0.39, 0.29) is 0 Å². The maximum Gasteiger partial charge on any atom is 0.125 e. The van der Waals surface area contributed by atoms with Gasteiger partial charge < -0.3 is 4.57 Å². The number of aromatic nitrogens is 3. The molecule has 0 aliphatic rings. The number of pyridine rings is 1. The van der Waals surface area contributed by atoms with Gasteiger partial charge in [-0.15, -0.1) is 11.6 Å². The van der Waals surface area contributed by atoms with Gasteiger partial charge in [-0.3, -0.25) is 4.98 Å². The molecule has 0 aliphatic heterocycles. The molecule has 0 fully saturated rings. The zero-order valence-corrected chi connectivity index (χ0v) is 10.5. The second kappa shape index (κ2) is 4.78. The van der Waals surface area contributed by atoms with E-state index in [0.717, 1.165) is 29.0 Å². The number of fused-ring (bicyclic) bond motifs is 1. The van der Waals surface area contributed by atoms with Gasteiger partial charge >= 0.3 is 0 Å². The fraction of sp³-hybridized carbons (Fsp3) is 0.143. The molecule has 18 heavy (non-hydrogen) atoms. The lowest BCUT2D eigenvalue weighted by Crippen LogP contribution is -2.03. The van der Waals surface area contributed by atoms with Crippen LogP contribution < -0.4 is 0 Å². The smallest absolute Gasteiger partial charge is 0.125 e. The van der Waals surface area contributed by atoms with Crippen molar-refractivity contribution in [3.8, 4) is 0 Å². The van der Waals surface area contributed by atoms with Crippen molar-refractivity contribution in [1.29, 1.82) is 0 Å². The molecule has 2 aromatic heterocycles. The molecule has 0 saturated carbocycles. The molecule has 0 unspecified atom stereocenters. The first kappa shape index (κ1) is 11.2. The summed E-state index contributed by atoms with van der Waals surface area (Å²) in [6.45, 7) is 0.746. The van der Waals surface area contributed by atoms with Gasteiger partial charge in [0.25, 0.3) is 0 Å². The summed E-state index contributed by atoms with van der Waals surface area (Å²) in [5.74, 6) is 1.30. The van der Waals surface area contributed by atoms with E-state index in [1.165, 1.54) is 0 Å². The Hall–Kier alpha value is -1.87. The summed E-state index contributed by atoms with van der Waals surface area (Å²) in [6.07, 6.45) is 3.64. The van der Waals surface area contributed by atoms with Crippen LogP contribution in [-0.4, -0.2) is 14.5 Å². The van der Waals surface area contributed by atoms with Crippen molar-refractivity contribution in [2.75, 3.05) is 0 Å². The summed E-state index contributed by atoms with van der Waals surface area (Å²) in [5, 5.41) is 0. The van der Waals surface area contributed by atoms with Gasteiger partial charge in [-0.1, -0.05) is 18.2 Å². The zero-order chi connectivity index (χ0) is 12.4. The van der Waals surface area contributed by atoms with E-state index in [1.54, 1.807) is 6.20 Å². The number of rotatable bonds is 3. The topological polar surface area (TPSA) is 30.7 Å². The SMILES string of the molecule is ClCc1nc2ccccc2n1Cc1cccnc1. The van der Waals surface area contributed by atoms with Crippen LogP contribution in [0.3, 0.4) is 0 Å². The Morgan fingerprint density at radius 1 is 1.11 bits per heavy atom. The molecule has 0 N–H and O–H groups in total. The van der Waals surface area contributed by atoms with Crippen molar-refractivity contribution < 1.29 is 0 Å². The van der Waals surface area contributed by atoms with Gasteiger partial charge in [0.05, 0.1) is 23.5 Å². The Labute approximate surface area is 110 Å². The number of hydrogen-bond acceptors (Lipinski definition) is 2. The van der Waals surface area contributed by atoms with E-state index in [2.05, 4.69) is 26.7 Å². The summed E-state index contributed by atoms with van der Waals surface area (Å²) in [6, 6.07) is 12.1. The van der Waals surface area contributed by atoms with E-state index in [1.807, 2.05) is 30.5 Å². The molecule has 3 aromatic rings. The minimum Gasteiger partial charge on any atom is -0.322 e.